The molecular weight excluding hydrogens is 262 g/mol. The lowest BCUT2D eigenvalue weighted by Gasteiger charge is -2.05. The van der Waals surface area contributed by atoms with Crippen LogP contribution in [0.15, 0.2) is 17.2 Å². The van der Waals surface area contributed by atoms with Gasteiger partial charge in [0.15, 0.2) is 0 Å². The number of hydrazone groups is 1. The second-order valence-electron chi connectivity index (χ2n) is 3.16. The van der Waals surface area contributed by atoms with Gasteiger partial charge < -0.3 is 22.6 Å². The molecule has 0 bridgehead atoms. The Labute approximate surface area is 109 Å². The van der Waals surface area contributed by atoms with E-state index in [0.717, 1.165) is 0 Å². The van der Waals surface area contributed by atoms with Gasteiger partial charge in [0.2, 0.25) is 5.82 Å². The van der Waals surface area contributed by atoms with E-state index in [1.54, 1.807) is 0 Å². The largest absolute Gasteiger partial charge is 0.386 e. The molecule has 7 N–H and O–H groups in total. The average molecular weight is 276 g/mol. The first-order valence-corrected chi connectivity index (χ1v) is 4.71. The topological polar surface area (TPSA) is 158 Å². The summed E-state index contributed by atoms with van der Waals surface area (Å²) in [7, 11) is 0. The van der Waals surface area contributed by atoms with Crippen LogP contribution in [0.25, 0.3) is 0 Å². The van der Waals surface area contributed by atoms with E-state index < -0.39 is 4.92 Å². The van der Waals surface area contributed by atoms with Crippen LogP contribution < -0.4 is 22.6 Å². The maximum absolute atomic E-state index is 10.5. The third-order valence-electron chi connectivity index (χ3n) is 1.95. The van der Waals surface area contributed by atoms with Crippen LogP contribution >= 0.6 is 12.4 Å². The van der Waals surface area contributed by atoms with Gasteiger partial charge in [-0.25, -0.2) is 4.98 Å². The van der Waals surface area contributed by atoms with Crippen molar-refractivity contribution in [3.63, 3.8) is 0 Å². The van der Waals surface area contributed by atoms with E-state index in [0.29, 0.717) is 24.6 Å². The highest BCUT2D eigenvalue weighted by Gasteiger charge is 2.12. The first-order chi connectivity index (χ1) is 8.04. The zero-order chi connectivity index (χ0) is 12.8. The van der Waals surface area contributed by atoms with Crippen LogP contribution in [-0.4, -0.2) is 22.3 Å². The lowest BCUT2D eigenvalue weighted by molar-refractivity contribution is -0.384. The van der Waals surface area contributed by atoms with E-state index in [1.807, 2.05) is 0 Å². The van der Waals surface area contributed by atoms with E-state index >= 15 is 0 Å². The van der Waals surface area contributed by atoms with Crippen LogP contribution in [0.3, 0.4) is 0 Å². The maximum atomic E-state index is 10.5. The Hall–Kier alpha value is -2.29. The first kappa shape index (κ1) is 15.7. The third-order valence-corrected chi connectivity index (χ3v) is 1.95. The van der Waals surface area contributed by atoms with Crippen molar-refractivity contribution in [1.29, 1.82) is 0 Å². The van der Waals surface area contributed by atoms with Gasteiger partial charge in [0, 0.05) is 19.0 Å². The number of nitrogens with two attached hydrogens (primary N) is 3. The number of pyridine rings is 1. The van der Waals surface area contributed by atoms with Gasteiger partial charge in [-0.2, -0.15) is 5.10 Å². The molecule has 1 heterocycles. The van der Waals surface area contributed by atoms with Crippen molar-refractivity contribution in [2.75, 3.05) is 17.6 Å². The molecule has 18 heavy (non-hydrogen) atoms. The number of nitro groups is 1. The molecule has 1 aromatic heterocycles. The zero-order valence-electron chi connectivity index (χ0n) is 9.37. The Balaban J connectivity index is 0.00000289. The summed E-state index contributed by atoms with van der Waals surface area (Å²) in [6.07, 6.45) is 0.440. The van der Waals surface area contributed by atoms with Crippen LogP contribution in [0.5, 0.6) is 0 Å². The Morgan fingerprint density at radius 3 is 2.72 bits per heavy atom. The minimum Gasteiger partial charge on any atom is -0.386 e. The molecule has 0 spiro atoms. The zero-order valence-corrected chi connectivity index (χ0v) is 10.2. The molecule has 0 saturated carbocycles. The van der Waals surface area contributed by atoms with E-state index in [-0.39, 0.29) is 23.9 Å². The van der Waals surface area contributed by atoms with Crippen molar-refractivity contribution in [1.82, 2.24) is 4.98 Å². The lowest BCUT2D eigenvalue weighted by Crippen LogP contribution is -2.18. The van der Waals surface area contributed by atoms with Gasteiger partial charge in [0.1, 0.15) is 11.7 Å². The molecule has 10 heteroatoms. The number of hydrogen-bond donors (Lipinski definition) is 4. The summed E-state index contributed by atoms with van der Waals surface area (Å²) in [4.78, 5) is 13.7. The molecule has 0 fully saturated rings. The van der Waals surface area contributed by atoms with Crippen LogP contribution in [-0.2, 0) is 0 Å². The first-order valence-electron chi connectivity index (χ1n) is 4.71. The van der Waals surface area contributed by atoms with Gasteiger partial charge in [-0.1, -0.05) is 0 Å². The van der Waals surface area contributed by atoms with Crippen LogP contribution in [0.4, 0.5) is 17.3 Å². The van der Waals surface area contributed by atoms with Crippen LogP contribution in [0, 0.1) is 10.1 Å². The van der Waals surface area contributed by atoms with E-state index in [2.05, 4.69) is 15.4 Å². The van der Waals surface area contributed by atoms with Crippen molar-refractivity contribution in [3.8, 4) is 0 Å². The Morgan fingerprint density at radius 2 is 2.22 bits per heavy atom. The summed E-state index contributed by atoms with van der Waals surface area (Å²) in [5.41, 5.74) is 10.6. The minimum absolute atomic E-state index is 0. The Morgan fingerprint density at radius 1 is 1.56 bits per heavy atom. The van der Waals surface area contributed by atoms with Gasteiger partial charge in [-0.3, -0.25) is 10.1 Å². The van der Waals surface area contributed by atoms with Crippen molar-refractivity contribution >= 4 is 35.6 Å². The molecule has 0 aliphatic heterocycles. The molecule has 0 aliphatic carbocycles. The smallest absolute Gasteiger partial charge is 0.311 e. The SMILES string of the molecule is Cl.NN=C(N)CCNc1ccc([N+](=O)[O-])c(N)n1. The fraction of sp³-hybridized carbons (Fsp3) is 0.250. The molecule has 1 rings (SSSR count). The van der Waals surface area contributed by atoms with Crippen LogP contribution in [0.1, 0.15) is 6.42 Å². The fourth-order valence-electron chi connectivity index (χ4n) is 1.10. The van der Waals surface area contributed by atoms with E-state index in [9.17, 15) is 10.1 Å². The molecule has 9 nitrogen and oxygen atoms in total. The minimum atomic E-state index is -0.592. The number of halogens is 1. The summed E-state index contributed by atoms with van der Waals surface area (Å²) < 4.78 is 0. The number of rotatable bonds is 5. The number of hydrogen-bond acceptors (Lipinski definition) is 7. The third kappa shape index (κ3) is 4.29. The van der Waals surface area contributed by atoms with Gasteiger partial charge in [0.05, 0.1) is 4.92 Å². The summed E-state index contributed by atoms with van der Waals surface area (Å²) in [5.74, 6) is 5.54. The van der Waals surface area contributed by atoms with E-state index in [1.165, 1.54) is 12.1 Å². The molecule has 0 radical (unpaired) electrons. The molecule has 0 aliphatic rings. The van der Waals surface area contributed by atoms with E-state index in [4.69, 9.17) is 17.3 Å². The highest BCUT2D eigenvalue weighted by atomic mass is 35.5. The summed E-state index contributed by atoms with van der Waals surface area (Å²) in [6.45, 7) is 0.455. The molecule has 100 valence electrons. The van der Waals surface area contributed by atoms with Crippen molar-refractivity contribution in [3.05, 3.63) is 22.2 Å². The number of amidine groups is 1. The maximum Gasteiger partial charge on any atom is 0.311 e. The van der Waals surface area contributed by atoms with Gasteiger partial charge in [-0.05, 0) is 6.07 Å². The number of anilines is 2. The molecule has 0 atom stereocenters. The van der Waals surface area contributed by atoms with Crippen molar-refractivity contribution < 1.29 is 4.92 Å². The molecule has 0 saturated heterocycles. The summed E-state index contributed by atoms with van der Waals surface area (Å²) in [6, 6.07) is 2.75. The van der Waals surface area contributed by atoms with Crippen molar-refractivity contribution in [2.24, 2.45) is 16.7 Å². The van der Waals surface area contributed by atoms with Crippen molar-refractivity contribution in [2.45, 2.75) is 6.42 Å². The number of nitrogens with one attached hydrogen (secondary N) is 1. The normalized spacial score (nSPS) is 10.6. The predicted octanol–water partition coefficient (Wildman–Crippen LogP) is 0.0267. The van der Waals surface area contributed by atoms with Gasteiger partial charge in [0.25, 0.3) is 0 Å². The number of nitrogens with zero attached hydrogens (tertiary/aromatic N) is 3. The second kappa shape index (κ2) is 7.12. The van der Waals surface area contributed by atoms with Gasteiger partial charge >= 0.3 is 5.69 Å². The molecule has 0 aromatic carbocycles. The highest BCUT2D eigenvalue weighted by Crippen LogP contribution is 2.20. The summed E-state index contributed by atoms with van der Waals surface area (Å²) in [5, 5.41) is 16.7. The molecule has 0 amide bonds. The second-order valence-corrected chi connectivity index (χ2v) is 3.16. The fourth-order valence-corrected chi connectivity index (χ4v) is 1.10. The highest BCUT2D eigenvalue weighted by molar-refractivity contribution is 5.85. The van der Waals surface area contributed by atoms with Crippen LogP contribution in [0.2, 0.25) is 0 Å². The Kier molecular flexibility index (Phi) is 6.21. The quantitative estimate of drug-likeness (QED) is 0.194. The Bertz CT molecular complexity index is 451. The molecule has 0 unspecified atom stereocenters. The average Bonchev–Trinajstić information content (AvgIpc) is 2.28. The monoisotopic (exact) mass is 275 g/mol. The standard InChI is InChI=1S/C8H13N7O2.ClH/c9-6(14-11)3-4-12-7-2-1-5(15(16)17)8(10)13-7;/h1-2H,3-4,11H2,(H2,9,14)(H3,10,12,13);1H. The number of aromatic nitrogens is 1. The molecule has 1 aromatic rings. The summed E-state index contributed by atoms with van der Waals surface area (Å²) >= 11 is 0. The molecular formula is C8H14ClN7O2. The lowest BCUT2D eigenvalue weighted by atomic mass is 10.3. The number of nitrogen functional groups attached to an aromatic ring is 1. The van der Waals surface area contributed by atoms with Gasteiger partial charge in [-0.15, -0.1) is 12.4 Å². The predicted molar refractivity (Wildman–Crippen MR) is 71.5 cm³/mol.